The fraction of sp³-hybridized carbons (Fsp3) is 0.467. The minimum atomic E-state index is -0.259. The van der Waals surface area contributed by atoms with Crippen LogP contribution in [0.25, 0.3) is 0 Å². The molecule has 0 aromatic heterocycles. The molecule has 1 amide bonds. The molecule has 20 heavy (non-hydrogen) atoms. The molecule has 5 heteroatoms. The Morgan fingerprint density at radius 1 is 1.40 bits per heavy atom. The number of ether oxygens (including phenoxy) is 1. The molecule has 0 radical (unpaired) electrons. The summed E-state index contributed by atoms with van der Waals surface area (Å²) in [5.74, 6) is -0.457. The van der Waals surface area contributed by atoms with Crippen LogP contribution in [0.2, 0.25) is 0 Å². The van der Waals surface area contributed by atoms with E-state index < -0.39 is 0 Å². The van der Waals surface area contributed by atoms with Crippen LogP contribution in [0, 0.1) is 12.8 Å². The first-order valence-corrected chi connectivity index (χ1v) is 6.69. The Kier molecular flexibility index (Phi) is 4.27. The van der Waals surface area contributed by atoms with E-state index in [0.717, 1.165) is 18.4 Å². The normalized spacial score (nSPS) is 18.7. The van der Waals surface area contributed by atoms with Crippen molar-refractivity contribution in [3.8, 4) is 5.75 Å². The van der Waals surface area contributed by atoms with Gasteiger partial charge in [-0.05, 0) is 43.5 Å². The maximum atomic E-state index is 12.5. The topological polar surface area (TPSA) is 66.8 Å². The Morgan fingerprint density at radius 3 is 2.80 bits per heavy atom. The van der Waals surface area contributed by atoms with Gasteiger partial charge in [-0.2, -0.15) is 0 Å². The Labute approximate surface area is 118 Å². The summed E-state index contributed by atoms with van der Waals surface area (Å²) in [6, 6.07) is 4.69. The molecule has 0 bridgehead atoms. The first-order valence-electron chi connectivity index (χ1n) is 6.69. The van der Waals surface area contributed by atoms with Crippen molar-refractivity contribution in [3.63, 3.8) is 0 Å². The first kappa shape index (κ1) is 14.4. The molecule has 0 saturated carbocycles. The van der Waals surface area contributed by atoms with Crippen molar-refractivity contribution in [2.75, 3.05) is 20.2 Å². The average Bonchev–Trinajstić information content (AvgIpc) is 2.46. The summed E-state index contributed by atoms with van der Waals surface area (Å²) in [6.07, 6.45) is 1.55. The zero-order chi connectivity index (χ0) is 14.7. The Hall–Kier alpha value is -2.04. The maximum absolute atomic E-state index is 12.5. The summed E-state index contributed by atoms with van der Waals surface area (Å²) < 4.78 is 4.75. The molecular formula is C15H19NO4. The van der Waals surface area contributed by atoms with E-state index in [4.69, 9.17) is 4.74 Å². The molecule has 0 spiro atoms. The van der Waals surface area contributed by atoms with Crippen LogP contribution in [-0.2, 0) is 9.53 Å². The molecule has 2 rings (SSSR count). The molecule has 5 nitrogen and oxygen atoms in total. The number of phenols is 1. The van der Waals surface area contributed by atoms with Gasteiger partial charge in [0.2, 0.25) is 0 Å². The summed E-state index contributed by atoms with van der Waals surface area (Å²) in [7, 11) is 1.37. The second-order valence-electron chi connectivity index (χ2n) is 5.11. The molecule has 0 unspecified atom stereocenters. The number of phenolic OH excluding ortho intramolecular Hbond substituents is 1. The number of benzene rings is 1. The summed E-state index contributed by atoms with van der Waals surface area (Å²) in [6.45, 7) is 2.83. The van der Waals surface area contributed by atoms with Gasteiger partial charge in [-0.1, -0.05) is 0 Å². The lowest BCUT2D eigenvalue weighted by molar-refractivity contribution is -0.146. The predicted octanol–water partition coefficient (Wildman–Crippen LogP) is 1.73. The summed E-state index contributed by atoms with van der Waals surface area (Å²) in [4.78, 5) is 25.8. The molecule has 108 valence electrons. The lowest BCUT2D eigenvalue weighted by Crippen LogP contribution is -2.42. The SMILES string of the molecule is COC(=O)[C@H]1CCCN(C(=O)c2ccc(O)cc2C)C1. The number of rotatable bonds is 2. The molecular weight excluding hydrogens is 258 g/mol. The fourth-order valence-corrected chi connectivity index (χ4v) is 2.58. The third-order valence-corrected chi connectivity index (χ3v) is 3.68. The van der Waals surface area contributed by atoms with Crippen molar-refractivity contribution in [1.82, 2.24) is 4.90 Å². The number of aromatic hydroxyl groups is 1. The highest BCUT2D eigenvalue weighted by Gasteiger charge is 2.29. The number of amides is 1. The van der Waals surface area contributed by atoms with Gasteiger partial charge in [0, 0.05) is 18.7 Å². The van der Waals surface area contributed by atoms with Crippen LogP contribution < -0.4 is 0 Å². The van der Waals surface area contributed by atoms with Crippen LogP contribution in [0.3, 0.4) is 0 Å². The fourth-order valence-electron chi connectivity index (χ4n) is 2.58. The molecule has 1 fully saturated rings. The van der Waals surface area contributed by atoms with E-state index in [2.05, 4.69) is 0 Å². The first-order chi connectivity index (χ1) is 9.52. The molecule has 1 aliphatic rings. The predicted molar refractivity (Wildman–Crippen MR) is 73.5 cm³/mol. The number of piperidine rings is 1. The second-order valence-corrected chi connectivity index (χ2v) is 5.11. The van der Waals surface area contributed by atoms with Crippen molar-refractivity contribution in [1.29, 1.82) is 0 Å². The lowest BCUT2D eigenvalue weighted by atomic mass is 9.97. The minimum Gasteiger partial charge on any atom is -0.508 e. The van der Waals surface area contributed by atoms with Crippen molar-refractivity contribution in [2.45, 2.75) is 19.8 Å². The van der Waals surface area contributed by atoms with Crippen LogP contribution in [0.5, 0.6) is 5.75 Å². The number of hydrogen-bond donors (Lipinski definition) is 1. The quantitative estimate of drug-likeness (QED) is 0.836. The van der Waals surface area contributed by atoms with Crippen LogP contribution in [0.4, 0.5) is 0 Å². The molecule has 1 aliphatic heterocycles. The number of hydrogen-bond acceptors (Lipinski definition) is 4. The van der Waals surface area contributed by atoms with Gasteiger partial charge in [0.1, 0.15) is 5.75 Å². The molecule has 1 aromatic carbocycles. The van der Waals surface area contributed by atoms with Gasteiger partial charge < -0.3 is 14.7 Å². The monoisotopic (exact) mass is 277 g/mol. The summed E-state index contributed by atoms with van der Waals surface area (Å²) in [5, 5.41) is 9.39. The third-order valence-electron chi connectivity index (χ3n) is 3.68. The van der Waals surface area contributed by atoms with Gasteiger partial charge in [0.15, 0.2) is 0 Å². The third kappa shape index (κ3) is 2.92. The van der Waals surface area contributed by atoms with E-state index in [1.54, 1.807) is 24.0 Å². The van der Waals surface area contributed by atoms with Crippen molar-refractivity contribution in [2.24, 2.45) is 5.92 Å². The summed E-state index contributed by atoms with van der Waals surface area (Å²) in [5.41, 5.74) is 1.29. The molecule has 1 N–H and O–H groups in total. The molecule has 1 heterocycles. The van der Waals surface area contributed by atoms with Crippen LogP contribution in [0.15, 0.2) is 18.2 Å². The van der Waals surface area contributed by atoms with Crippen molar-refractivity contribution >= 4 is 11.9 Å². The minimum absolute atomic E-state index is 0.101. The highest BCUT2D eigenvalue weighted by Crippen LogP contribution is 2.22. The molecule has 1 atom stereocenters. The van der Waals surface area contributed by atoms with Gasteiger partial charge in [-0.15, -0.1) is 0 Å². The van der Waals surface area contributed by atoms with E-state index in [0.29, 0.717) is 18.7 Å². The Morgan fingerprint density at radius 2 is 2.15 bits per heavy atom. The number of likely N-dealkylation sites (tertiary alicyclic amines) is 1. The van der Waals surface area contributed by atoms with Crippen LogP contribution >= 0.6 is 0 Å². The van der Waals surface area contributed by atoms with Gasteiger partial charge in [-0.25, -0.2) is 0 Å². The van der Waals surface area contributed by atoms with E-state index >= 15 is 0 Å². The Bertz CT molecular complexity index is 527. The smallest absolute Gasteiger partial charge is 0.310 e. The van der Waals surface area contributed by atoms with Crippen LogP contribution in [-0.4, -0.2) is 42.1 Å². The zero-order valence-corrected chi connectivity index (χ0v) is 11.8. The van der Waals surface area contributed by atoms with Gasteiger partial charge >= 0.3 is 5.97 Å². The number of aryl methyl sites for hydroxylation is 1. The molecule has 1 saturated heterocycles. The Balaban J connectivity index is 2.14. The van der Waals surface area contributed by atoms with Gasteiger partial charge in [0.25, 0.3) is 5.91 Å². The van der Waals surface area contributed by atoms with E-state index in [1.807, 2.05) is 0 Å². The molecule has 0 aliphatic carbocycles. The lowest BCUT2D eigenvalue weighted by Gasteiger charge is -2.31. The number of methoxy groups -OCH3 is 1. The highest BCUT2D eigenvalue weighted by atomic mass is 16.5. The number of carbonyl (C=O) groups excluding carboxylic acids is 2. The van der Waals surface area contributed by atoms with Crippen LogP contribution in [0.1, 0.15) is 28.8 Å². The van der Waals surface area contributed by atoms with Gasteiger partial charge in [0.05, 0.1) is 13.0 Å². The standard InChI is InChI=1S/C15H19NO4/c1-10-8-12(17)5-6-13(10)14(18)16-7-3-4-11(9-16)15(19)20-2/h5-6,8,11,17H,3-4,7,9H2,1-2H3/t11-/m0/s1. The van der Waals surface area contributed by atoms with E-state index in [1.165, 1.54) is 13.2 Å². The highest BCUT2D eigenvalue weighted by molar-refractivity contribution is 5.96. The summed E-state index contributed by atoms with van der Waals surface area (Å²) >= 11 is 0. The maximum Gasteiger partial charge on any atom is 0.310 e. The average molecular weight is 277 g/mol. The molecule has 1 aromatic rings. The van der Waals surface area contributed by atoms with Crippen molar-refractivity contribution < 1.29 is 19.4 Å². The zero-order valence-electron chi connectivity index (χ0n) is 11.8. The second kappa shape index (κ2) is 5.94. The van der Waals surface area contributed by atoms with Gasteiger partial charge in [-0.3, -0.25) is 9.59 Å². The van der Waals surface area contributed by atoms with Crippen molar-refractivity contribution in [3.05, 3.63) is 29.3 Å². The number of carbonyl (C=O) groups is 2. The number of nitrogens with zero attached hydrogens (tertiary/aromatic N) is 1. The van der Waals surface area contributed by atoms with E-state index in [-0.39, 0.29) is 23.5 Å². The largest absolute Gasteiger partial charge is 0.508 e. The number of esters is 1. The van der Waals surface area contributed by atoms with E-state index in [9.17, 15) is 14.7 Å².